The van der Waals surface area contributed by atoms with Crippen LogP contribution in [0.15, 0.2) is 24.3 Å². The minimum Gasteiger partial charge on any atom is -0.387 e. The van der Waals surface area contributed by atoms with Gasteiger partial charge in [-0.15, -0.1) is 0 Å². The molecule has 3 N–H and O–H groups in total. The van der Waals surface area contributed by atoms with Gasteiger partial charge in [-0.2, -0.15) is 0 Å². The molecule has 2 heteroatoms. The fourth-order valence-electron chi connectivity index (χ4n) is 1.77. The van der Waals surface area contributed by atoms with E-state index in [9.17, 15) is 5.11 Å². The smallest absolute Gasteiger partial charge is 0.0941 e. The average Bonchev–Trinajstić information content (AvgIpc) is 2.15. The maximum Gasteiger partial charge on any atom is 0.0941 e. The van der Waals surface area contributed by atoms with Crippen molar-refractivity contribution in [3.63, 3.8) is 0 Å². The summed E-state index contributed by atoms with van der Waals surface area (Å²) in [6, 6.07) is 7.72. The Morgan fingerprint density at radius 1 is 1.33 bits per heavy atom. The molecule has 2 nitrogen and oxygen atoms in total. The molecule has 0 heterocycles. The van der Waals surface area contributed by atoms with Crippen molar-refractivity contribution in [2.24, 2.45) is 11.7 Å². The summed E-state index contributed by atoms with van der Waals surface area (Å²) in [6.45, 7) is 6.25. The highest BCUT2D eigenvalue weighted by Gasteiger charge is 2.17. The van der Waals surface area contributed by atoms with Crippen LogP contribution >= 0.6 is 0 Å². The summed E-state index contributed by atoms with van der Waals surface area (Å²) in [5.41, 5.74) is 8.03. The highest BCUT2D eigenvalue weighted by atomic mass is 16.3. The molecule has 0 aliphatic carbocycles. The van der Waals surface area contributed by atoms with Crippen LogP contribution in [-0.2, 0) is 0 Å². The van der Waals surface area contributed by atoms with Gasteiger partial charge < -0.3 is 10.8 Å². The van der Waals surface area contributed by atoms with Gasteiger partial charge in [0, 0.05) is 6.04 Å². The lowest BCUT2D eigenvalue weighted by Gasteiger charge is -2.21. The van der Waals surface area contributed by atoms with Gasteiger partial charge in [-0.3, -0.25) is 0 Å². The third-order valence-corrected chi connectivity index (χ3v) is 2.53. The molecular weight excluding hydrogens is 186 g/mol. The highest BCUT2D eigenvalue weighted by Crippen LogP contribution is 2.20. The molecule has 15 heavy (non-hydrogen) atoms. The average molecular weight is 207 g/mol. The quantitative estimate of drug-likeness (QED) is 0.796. The number of nitrogens with two attached hydrogens (primary N) is 1. The Hall–Kier alpha value is -0.860. The van der Waals surface area contributed by atoms with Gasteiger partial charge in [0.2, 0.25) is 0 Å². The van der Waals surface area contributed by atoms with Crippen LogP contribution in [0.4, 0.5) is 0 Å². The van der Waals surface area contributed by atoms with Crippen molar-refractivity contribution in [2.75, 3.05) is 0 Å². The molecule has 0 saturated heterocycles. The number of aliphatic hydroxyl groups is 1. The summed E-state index contributed by atoms with van der Waals surface area (Å²) in [5, 5.41) is 10.0. The lowest BCUT2D eigenvalue weighted by atomic mass is 9.95. The number of aliphatic hydroxyl groups excluding tert-OH is 1. The molecule has 0 saturated carbocycles. The van der Waals surface area contributed by atoms with Crippen molar-refractivity contribution >= 4 is 0 Å². The third-order valence-electron chi connectivity index (χ3n) is 2.53. The van der Waals surface area contributed by atoms with E-state index >= 15 is 0 Å². The predicted molar refractivity (Wildman–Crippen MR) is 63.6 cm³/mol. The summed E-state index contributed by atoms with van der Waals surface area (Å²) in [6.07, 6.45) is 0.294. The standard InChI is InChI=1S/C13H21NO/c1-9(2)7-12(14)13(15)11-6-4-5-10(3)8-11/h4-6,8-9,12-13,15H,7,14H2,1-3H3. The zero-order valence-corrected chi connectivity index (χ0v) is 9.77. The Bertz CT molecular complexity index is 309. The second-order valence-electron chi connectivity index (χ2n) is 4.65. The molecule has 0 bridgehead atoms. The zero-order valence-electron chi connectivity index (χ0n) is 9.77. The first-order valence-electron chi connectivity index (χ1n) is 5.51. The van der Waals surface area contributed by atoms with E-state index < -0.39 is 6.10 Å². The Balaban J connectivity index is 2.71. The molecule has 0 radical (unpaired) electrons. The van der Waals surface area contributed by atoms with Gasteiger partial charge in [-0.1, -0.05) is 43.7 Å². The molecule has 0 spiro atoms. The third kappa shape index (κ3) is 3.65. The first-order chi connectivity index (χ1) is 7.00. The van der Waals surface area contributed by atoms with Crippen LogP contribution in [0.25, 0.3) is 0 Å². The molecule has 0 amide bonds. The van der Waals surface area contributed by atoms with Crippen LogP contribution in [0, 0.1) is 12.8 Å². The van der Waals surface area contributed by atoms with Gasteiger partial charge in [0.1, 0.15) is 0 Å². The van der Waals surface area contributed by atoms with E-state index in [4.69, 9.17) is 5.73 Å². The zero-order chi connectivity index (χ0) is 11.4. The first kappa shape index (κ1) is 12.2. The largest absolute Gasteiger partial charge is 0.387 e. The van der Waals surface area contributed by atoms with E-state index in [1.165, 1.54) is 0 Å². The van der Waals surface area contributed by atoms with Crippen LogP contribution in [0.3, 0.4) is 0 Å². The Morgan fingerprint density at radius 3 is 2.53 bits per heavy atom. The van der Waals surface area contributed by atoms with E-state index in [0.717, 1.165) is 17.5 Å². The van der Waals surface area contributed by atoms with E-state index in [0.29, 0.717) is 5.92 Å². The maximum absolute atomic E-state index is 10.0. The molecular formula is C13H21NO. The summed E-state index contributed by atoms with van der Waals surface area (Å²) in [7, 11) is 0. The van der Waals surface area contributed by atoms with E-state index in [2.05, 4.69) is 13.8 Å². The number of benzene rings is 1. The fraction of sp³-hybridized carbons (Fsp3) is 0.538. The van der Waals surface area contributed by atoms with Gasteiger partial charge in [0.05, 0.1) is 6.10 Å². The fourth-order valence-corrected chi connectivity index (χ4v) is 1.77. The lowest BCUT2D eigenvalue weighted by molar-refractivity contribution is 0.136. The number of hydrogen-bond donors (Lipinski definition) is 2. The number of aryl methyl sites for hydroxylation is 1. The Kier molecular flexibility index (Phi) is 4.30. The second kappa shape index (κ2) is 5.29. The predicted octanol–water partition coefficient (Wildman–Crippen LogP) is 2.40. The first-order valence-corrected chi connectivity index (χ1v) is 5.51. The molecule has 0 aliphatic rings. The minimum atomic E-state index is -0.549. The second-order valence-corrected chi connectivity index (χ2v) is 4.65. The summed E-state index contributed by atoms with van der Waals surface area (Å²) < 4.78 is 0. The Labute approximate surface area is 92.1 Å². The SMILES string of the molecule is Cc1cccc(C(O)C(N)CC(C)C)c1. The molecule has 2 unspecified atom stereocenters. The summed E-state index contributed by atoms with van der Waals surface area (Å²) >= 11 is 0. The van der Waals surface area contributed by atoms with Crippen LogP contribution < -0.4 is 5.73 Å². The molecule has 2 atom stereocenters. The van der Waals surface area contributed by atoms with Crippen LogP contribution in [0.2, 0.25) is 0 Å². The van der Waals surface area contributed by atoms with Crippen LogP contribution in [0.5, 0.6) is 0 Å². The number of rotatable bonds is 4. The molecule has 1 rings (SSSR count). The molecule has 84 valence electrons. The van der Waals surface area contributed by atoms with E-state index in [1.54, 1.807) is 0 Å². The van der Waals surface area contributed by atoms with Gasteiger partial charge in [-0.05, 0) is 24.8 Å². The molecule has 0 aromatic heterocycles. The monoisotopic (exact) mass is 207 g/mol. The van der Waals surface area contributed by atoms with E-state index in [-0.39, 0.29) is 6.04 Å². The van der Waals surface area contributed by atoms with Crippen molar-refractivity contribution < 1.29 is 5.11 Å². The Morgan fingerprint density at radius 2 is 2.00 bits per heavy atom. The molecule has 1 aromatic carbocycles. The van der Waals surface area contributed by atoms with Crippen molar-refractivity contribution in [3.8, 4) is 0 Å². The lowest BCUT2D eigenvalue weighted by Crippen LogP contribution is -2.29. The molecule has 1 aromatic rings. The van der Waals surface area contributed by atoms with Crippen molar-refractivity contribution in [3.05, 3.63) is 35.4 Å². The summed E-state index contributed by atoms with van der Waals surface area (Å²) in [4.78, 5) is 0. The maximum atomic E-state index is 10.0. The summed E-state index contributed by atoms with van der Waals surface area (Å²) in [5.74, 6) is 0.513. The van der Waals surface area contributed by atoms with Gasteiger partial charge in [-0.25, -0.2) is 0 Å². The van der Waals surface area contributed by atoms with Crippen LogP contribution in [-0.4, -0.2) is 11.1 Å². The van der Waals surface area contributed by atoms with Crippen molar-refractivity contribution in [1.82, 2.24) is 0 Å². The topological polar surface area (TPSA) is 46.2 Å². The van der Waals surface area contributed by atoms with Gasteiger partial charge in [0.25, 0.3) is 0 Å². The van der Waals surface area contributed by atoms with Gasteiger partial charge >= 0.3 is 0 Å². The van der Waals surface area contributed by atoms with Gasteiger partial charge in [0.15, 0.2) is 0 Å². The normalized spacial score (nSPS) is 15.3. The minimum absolute atomic E-state index is 0.174. The van der Waals surface area contributed by atoms with Crippen LogP contribution in [0.1, 0.15) is 37.5 Å². The molecule has 0 fully saturated rings. The molecule has 0 aliphatic heterocycles. The number of hydrogen-bond acceptors (Lipinski definition) is 2. The van der Waals surface area contributed by atoms with Crippen molar-refractivity contribution in [2.45, 2.75) is 39.3 Å². The highest BCUT2D eigenvalue weighted by molar-refractivity contribution is 5.24. The van der Waals surface area contributed by atoms with E-state index in [1.807, 2.05) is 31.2 Å². The van der Waals surface area contributed by atoms with Crippen molar-refractivity contribution in [1.29, 1.82) is 0 Å².